The third-order valence-corrected chi connectivity index (χ3v) is 5.55. The molecule has 2 aromatic rings. The number of carbonyl (C=O) groups is 2. The number of anilines is 1. The van der Waals surface area contributed by atoms with Crippen LogP contribution in [-0.4, -0.2) is 51.3 Å². The highest BCUT2D eigenvalue weighted by molar-refractivity contribution is 7.89. The van der Waals surface area contributed by atoms with Crippen molar-refractivity contribution in [1.82, 2.24) is 4.72 Å². The molecule has 0 unspecified atom stereocenters. The number of rotatable bonds is 9. The van der Waals surface area contributed by atoms with E-state index >= 15 is 0 Å². The Hall–Kier alpha value is -2.66. The van der Waals surface area contributed by atoms with Crippen LogP contribution in [0.2, 0.25) is 5.02 Å². The van der Waals surface area contributed by atoms with Gasteiger partial charge >= 0.3 is 5.97 Å². The normalized spacial score (nSPS) is 13.2. The summed E-state index contributed by atoms with van der Waals surface area (Å²) in [6.07, 6.45) is -1.42. The van der Waals surface area contributed by atoms with Crippen LogP contribution in [0.5, 0.6) is 5.75 Å². The van der Waals surface area contributed by atoms with Crippen molar-refractivity contribution < 1.29 is 32.6 Å². The number of esters is 1. The number of hydrogen-bond donors (Lipinski definition) is 3. The number of halogens is 1. The number of methoxy groups -OCH3 is 1. The van der Waals surface area contributed by atoms with Crippen LogP contribution >= 0.6 is 11.6 Å². The van der Waals surface area contributed by atoms with Crippen LogP contribution in [0.3, 0.4) is 0 Å². The van der Waals surface area contributed by atoms with E-state index in [2.05, 4.69) is 10.0 Å². The summed E-state index contributed by atoms with van der Waals surface area (Å²) in [5.74, 6) is -1.24. The van der Waals surface area contributed by atoms with Gasteiger partial charge in [0.15, 0.2) is 6.61 Å². The molecular formula is C19H21ClN2O7S. The fourth-order valence-electron chi connectivity index (χ4n) is 2.32. The van der Waals surface area contributed by atoms with Crippen molar-refractivity contribution in [2.45, 2.75) is 24.0 Å². The molecule has 3 N–H and O–H groups in total. The fraction of sp³-hybridized carbons (Fsp3) is 0.263. The van der Waals surface area contributed by atoms with Crippen molar-refractivity contribution in [3.05, 3.63) is 53.6 Å². The third-order valence-electron chi connectivity index (χ3n) is 3.84. The lowest BCUT2D eigenvalue weighted by molar-refractivity contribution is -0.151. The third kappa shape index (κ3) is 6.70. The van der Waals surface area contributed by atoms with Crippen LogP contribution in [0.1, 0.15) is 6.92 Å². The van der Waals surface area contributed by atoms with Crippen molar-refractivity contribution in [1.29, 1.82) is 0 Å². The van der Waals surface area contributed by atoms with E-state index in [9.17, 15) is 23.1 Å². The highest BCUT2D eigenvalue weighted by Gasteiger charge is 2.31. The number of aliphatic hydroxyl groups is 1. The quantitative estimate of drug-likeness (QED) is 0.488. The number of benzene rings is 2. The van der Waals surface area contributed by atoms with Crippen LogP contribution in [0.25, 0.3) is 0 Å². The zero-order valence-electron chi connectivity index (χ0n) is 16.2. The van der Waals surface area contributed by atoms with Gasteiger partial charge in [0.2, 0.25) is 10.0 Å². The van der Waals surface area contributed by atoms with E-state index in [4.69, 9.17) is 21.1 Å². The Balaban J connectivity index is 1.99. The number of carbonyl (C=O) groups excluding carboxylic acids is 2. The first-order valence-electron chi connectivity index (χ1n) is 8.69. The van der Waals surface area contributed by atoms with Gasteiger partial charge in [-0.25, -0.2) is 8.42 Å². The van der Waals surface area contributed by atoms with Crippen molar-refractivity contribution >= 4 is 39.2 Å². The zero-order chi connectivity index (χ0) is 22.3. The molecule has 0 heterocycles. The highest BCUT2D eigenvalue weighted by atomic mass is 35.5. The van der Waals surface area contributed by atoms with E-state index < -0.39 is 40.7 Å². The maximum Gasteiger partial charge on any atom is 0.327 e. The predicted octanol–water partition coefficient (Wildman–Crippen LogP) is 1.56. The predicted molar refractivity (Wildman–Crippen MR) is 110 cm³/mol. The van der Waals surface area contributed by atoms with Crippen LogP contribution in [0.15, 0.2) is 53.4 Å². The second-order valence-corrected chi connectivity index (χ2v) is 8.33. The molecule has 30 heavy (non-hydrogen) atoms. The van der Waals surface area contributed by atoms with Crippen molar-refractivity contribution in [2.24, 2.45) is 0 Å². The second-order valence-electron chi connectivity index (χ2n) is 6.18. The molecule has 162 valence electrons. The summed E-state index contributed by atoms with van der Waals surface area (Å²) in [6.45, 7) is 0.536. The molecule has 1 amide bonds. The molecule has 0 radical (unpaired) electrons. The van der Waals surface area contributed by atoms with Gasteiger partial charge in [0.1, 0.15) is 11.8 Å². The topological polar surface area (TPSA) is 131 Å². The first-order chi connectivity index (χ1) is 14.1. The van der Waals surface area contributed by atoms with Crippen molar-refractivity contribution in [3.8, 4) is 5.75 Å². The molecule has 0 aliphatic rings. The lowest BCUT2D eigenvalue weighted by atomic mass is 10.2. The van der Waals surface area contributed by atoms with Crippen molar-refractivity contribution in [2.75, 3.05) is 19.0 Å². The summed E-state index contributed by atoms with van der Waals surface area (Å²) in [6, 6.07) is 10.2. The molecule has 2 atom stereocenters. The average molecular weight is 457 g/mol. The Kier molecular flexibility index (Phi) is 8.18. The van der Waals surface area contributed by atoms with Gasteiger partial charge in [-0.1, -0.05) is 17.7 Å². The first-order valence-corrected chi connectivity index (χ1v) is 10.5. The summed E-state index contributed by atoms with van der Waals surface area (Å²) in [7, 11) is -2.67. The van der Waals surface area contributed by atoms with Gasteiger partial charge in [0, 0.05) is 16.8 Å². The second kappa shape index (κ2) is 10.4. The van der Waals surface area contributed by atoms with Crippen LogP contribution in [0, 0.1) is 0 Å². The number of hydrogen-bond acceptors (Lipinski definition) is 7. The number of sulfonamides is 1. The van der Waals surface area contributed by atoms with Crippen molar-refractivity contribution in [3.63, 3.8) is 0 Å². The molecule has 11 heteroatoms. The molecule has 0 bridgehead atoms. The highest BCUT2D eigenvalue weighted by Crippen LogP contribution is 2.17. The lowest BCUT2D eigenvalue weighted by Gasteiger charge is -2.20. The number of aliphatic hydroxyl groups excluding tert-OH is 1. The summed E-state index contributed by atoms with van der Waals surface area (Å²) < 4.78 is 36.9. The molecule has 0 aliphatic heterocycles. The van der Waals surface area contributed by atoms with Crippen LogP contribution < -0.4 is 14.8 Å². The van der Waals surface area contributed by atoms with Gasteiger partial charge in [0.25, 0.3) is 5.91 Å². The molecule has 0 aromatic heterocycles. The molecule has 0 fully saturated rings. The Morgan fingerprint density at radius 2 is 1.83 bits per heavy atom. The molecule has 0 saturated heterocycles. The van der Waals surface area contributed by atoms with E-state index in [1.807, 2.05) is 0 Å². The van der Waals surface area contributed by atoms with Gasteiger partial charge in [-0.15, -0.1) is 0 Å². The van der Waals surface area contributed by atoms with E-state index in [0.717, 1.165) is 0 Å². The summed E-state index contributed by atoms with van der Waals surface area (Å²) in [4.78, 5) is 24.1. The summed E-state index contributed by atoms with van der Waals surface area (Å²) in [5.41, 5.74) is 0.422. The zero-order valence-corrected chi connectivity index (χ0v) is 17.7. The van der Waals surface area contributed by atoms with Gasteiger partial charge in [-0.05, 0) is 43.3 Å². The van der Waals surface area contributed by atoms with E-state index in [1.165, 1.54) is 38.3 Å². The van der Waals surface area contributed by atoms with E-state index in [1.54, 1.807) is 24.3 Å². The number of nitrogens with one attached hydrogen (secondary N) is 2. The average Bonchev–Trinajstić information content (AvgIpc) is 2.70. The standard InChI is InChI=1S/C19H21ClN2O7S/c1-12(23)18(22-30(26,27)16-8-6-13(20)7-9-16)19(25)29-11-17(24)21-14-4-3-5-15(10-14)28-2/h3-10,12,18,22-23H,11H2,1-2H3,(H,21,24)/t12-,18-/m0/s1. The van der Waals surface area contributed by atoms with Crippen LogP contribution in [0.4, 0.5) is 5.69 Å². The Morgan fingerprint density at radius 1 is 1.17 bits per heavy atom. The maximum atomic E-state index is 12.4. The number of ether oxygens (including phenoxy) is 2. The van der Waals surface area contributed by atoms with Gasteiger partial charge in [-0.3, -0.25) is 9.59 Å². The Morgan fingerprint density at radius 3 is 2.43 bits per heavy atom. The van der Waals surface area contributed by atoms with E-state index in [0.29, 0.717) is 16.5 Å². The largest absolute Gasteiger partial charge is 0.497 e. The summed E-state index contributed by atoms with van der Waals surface area (Å²) >= 11 is 5.74. The van der Waals surface area contributed by atoms with Crippen LogP contribution in [-0.2, 0) is 24.3 Å². The lowest BCUT2D eigenvalue weighted by Crippen LogP contribution is -2.48. The minimum atomic E-state index is -4.15. The monoisotopic (exact) mass is 456 g/mol. The van der Waals surface area contributed by atoms with Gasteiger partial charge < -0.3 is 19.9 Å². The minimum Gasteiger partial charge on any atom is -0.497 e. The van der Waals surface area contributed by atoms with Gasteiger partial charge in [-0.2, -0.15) is 4.72 Å². The summed E-state index contributed by atoms with van der Waals surface area (Å²) in [5, 5.41) is 12.7. The SMILES string of the molecule is COc1cccc(NC(=O)COC(=O)[C@@H](NS(=O)(=O)c2ccc(Cl)cc2)[C@H](C)O)c1. The molecule has 0 spiro atoms. The molecular weight excluding hydrogens is 436 g/mol. The first kappa shape index (κ1) is 23.6. The maximum absolute atomic E-state index is 12.4. The Bertz CT molecular complexity index is 994. The van der Waals surface area contributed by atoms with E-state index in [-0.39, 0.29) is 4.90 Å². The fourth-order valence-corrected chi connectivity index (χ4v) is 3.70. The van der Waals surface area contributed by atoms with Gasteiger partial charge in [0.05, 0.1) is 18.1 Å². The molecule has 2 rings (SSSR count). The molecule has 0 saturated carbocycles. The smallest absolute Gasteiger partial charge is 0.327 e. The number of amides is 1. The minimum absolute atomic E-state index is 0.152. The molecule has 2 aromatic carbocycles. The Labute approximate surface area is 179 Å². The molecule has 0 aliphatic carbocycles. The molecule has 9 nitrogen and oxygen atoms in total.